The van der Waals surface area contributed by atoms with E-state index in [1.807, 2.05) is 24.3 Å². The number of carbonyl (C=O) groups is 1. The van der Waals surface area contributed by atoms with Crippen LogP contribution < -0.4 is 4.74 Å². The molecule has 6 nitrogen and oxygen atoms in total. The third-order valence-electron chi connectivity index (χ3n) is 4.84. The van der Waals surface area contributed by atoms with Gasteiger partial charge in [-0.3, -0.25) is 4.79 Å². The quantitative estimate of drug-likeness (QED) is 0.622. The molecule has 29 heavy (non-hydrogen) atoms. The van der Waals surface area contributed by atoms with Gasteiger partial charge in [0, 0.05) is 32.2 Å². The molecular formula is C22H26N2O4S. The van der Waals surface area contributed by atoms with E-state index in [2.05, 4.69) is 6.58 Å². The molecular weight excluding hydrogens is 388 g/mol. The van der Waals surface area contributed by atoms with Crippen molar-refractivity contribution in [2.75, 3.05) is 26.7 Å². The zero-order valence-corrected chi connectivity index (χ0v) is 17.4. The summed E-state index contributed by atoms with van der Waals surface area (Å²) in [7, 11) is -1.85. The van der Waals surface area contributed by atoms with Crippen LogP contribution in [-0.4, -0.2) is 50.3 Å². The Balaban J connectivity index is 1.70. The fraction of sp³-hybridized carbons (Fsp3) is 0.318. The first-order valence-corrected chi connectivity index (χ1v) is 11.0. The summed E-state index contributed by atoms with van der Waals surface area (Å²) in [6, 6.07) is 13.8. The lowest BCUT2D eigenvalue weighted by Crippen LogP contribution is -2.29. The highest BCUT2D eigenvalue weighted by Crippen LogP contribution is 2.22. The molecule has 1 aliphatic heterocycles. The smallest absolute Gasteiger partial charge is 0.253 e. The van der Waals surface area contributed by atoms with E-state index in [1.54, 1.807) is 36.2 Å². The number of sulfonamides is 1. The molecule has 0 aromatic heterocycles. The summed E-state index contributed by atoms with van der Waals surface area (Å²) in [5, 5.41) is 0. The summed E-state index contributed by atoms with van der Waals surface area (Å²) in [5.41, 5.74) is 1.31. The van der Waals surface area contributed by atoms with Gasteiger partial charge in [0.2, 0.25) is 10.0 Å². The van der Waals surface area contributed by atoms with Gasteiger partial charge in [-0.1, -0.05) is 30.9 Å². The highest BCUT2D eigenvalue weighted by molar-refractivity contribution is 7.89. The number of nitrogens with zero attached hydrogens (tertiary/aromatic N) is 2. The van der Waals surface area contributed by atoms with Crippen LogP contribution in [0, 0.1) is 0 Å². The van der Waals surface area contributed by atoms with Crippen molar-refractivity contribution < 1.29 is 17.9 Å². The Hall–Kier alpha value is -2.64. The number of hydrogen-bond acceptors (Lipinski definition) is 4. The first-order chi connectivity index (χ1) is 13.9. The van der Waals surface area contributed by atoms with Gasteiger partial charge in [-0.2, -0.15) is 4.31 Å². The van der Waals surface area contributed by atoms with Crippen LogP contribution in [-0.2, 0) is 16.6 Å². The van der Waals surface area contributed by atoms with E-state index in [1.165, 1.54) is 10.4 Å². The SMILES string of the molecule is C=CCOc1ccc(CN(C)C(=O)c2cccc(S(=O)(=O)N3CCCC3)c2)cc1. The molecule has 1 fully saturated rings. The van der Waals surface area contributed by atoms with Gasteiger partial charge in [0.25, 0.3) is 5.91 Å². The first-order valence-electron chi connectivity index (χ1n) is 9.60. The second-order valence-corrected chi connectivity index (χ2v) is 8.98. The number of rotatable bonds is 8. The molecule has 1 aliphatic rings. The maximum atomic E-state index is 12.8. The average molecular weight is 415 g/mol. The van der Waals surface area contributed by atoms with Gasteiger partial charge in [0.05, 0.1) is 4.90 Å². The molecule has 2 aromatic carbocycles. The van der Waals surface area contributed by atoms with Crippen molar-refractivity contribution in [1.82, 2.24) is 9.21 Å². The standard InChI is InChI=1S/C22H26N2O4S/c1-3-15-28-20-11-9-18(10-12-20)17-23(2)22(25)19-7-6-8-21(16-19)29(26,27)24-13-4-5-14-24/h3,6-12,16H,1,4-5,13-15,17H2,2H3. The van der Waals surface area contributed by atoms with Crippen LogP contribution in [0.1, 0.15) is 28.8 Å². The molecule has 1 amide bonds. The lowest BCUT2D eigenvalue weighted by atomic mass is 10.1. The molecule has 3 rings (SSSR count). The Bertz CT molecular complexity index is 965. The molecule has 0 atom stereocenters. The fourth-order valence-electron chi connectivity index (χ4n) is 3.28. The number of hydrogen-bond donors (Lipinski definition) is 0. The van der Waals surface area contributed by atoms with Gasteiger partial charge in [-0.05, 0) is 48.7 Å². The van der Waals surface area contributed by atoms with Gasteiger partial charge in [-0.15, -0.1) is 0 Å². The summed E-state index contributed by atoms with van der Waals surface area (Å²) in [6.07, 6.45) is 3.43. The Morgan fingerprint density at radius 3 is 2.52 bits per heavy atom. The van der Waals surface area contributed by atoms with Gasteiger partial charge in [0.15, 0.2) is 0 Å². The van der Waals surface area contributed by atoms with Crippen molar-refractivity contribution in [3.8, 4) is 5.75 Å². The monoisotopic (exact) mass is 414 g/mol. The molecule has 7 heteroatoms. The van der Waals surface area contributed by atoms with Gasteiger partial charge in [-0.25, -0.2) is 8.42 Å². The largest absolute Gasteiger partial charge is 0.490 e. The van der Waals surface area contributed by atoms with E-state index in [4.69, 9.17) is 4.74 Å². The van der Waals surface area contributed by atoms with Crippen molar-refractivity contribution in [2.24, 2.45) is 0 Å². The van der Waals surface area contributed by atoms with Crippen LogP contribution in [0.15, 0.2) is 66.1 Å². The zero-order valence-electron chi connectivity index (χ0n) is 16.6. The maximum absolute atomic E-state index is 12.8. The average Bonchev–Trinajstić information content (AvgIpc) is 3.28. The molecule has 0 saturated carbocycles. The minimum atomic E-state index is -3.55. The van der Waals surface area contributed by atoms with Gasteiger partial charge in [0.1, 0.15) is 12.4 Å². The molecule has 0 N–H and O–H groups in total. The van der Waals surface area contributed by atoms with Gasteiger partial charge >= 0.3 is 0 Å². The lowest BCUT2D eigenvalue weighted by molar-refractivity contribution is 0.0785. The van der Waals surface area contributed by atoms with Crippen molar-refractivity contribution >= 4 is 15.9 Å². The summed E-state index contributed by atoms with van der Waals surface area (Å²) in [4.78, 5) is 14.6. The summed E-state index contributed by atoms with van der Waals surface area (Å²) in [6.45, 7) is 5.53. The highest BCUT2D eigenvalue weighted by atomic mass is 32.2. The van der Waals surface area contributed by atoms with E-state index in [9.17, 15) is 13.2 Å². The Morgan fingerprint density at radius 2 is 1.86 bits per heavy atom. The Kier molecular flexibility index (Phi) is 6.71. The van der Waals surface area contributed by atoms with E-state index < -0.39 is 10.0 Å². The topological polar surface area (TPSA) is 66.9 Å². The number of ether oxygens (including phenoxy) is 1. The van der Waals surface area contributed by atoms with Crippen LogP contribution in [0.3, 0.4) is 0 Å². The van der Waals surface area contributed by atoms with Gasteiger partial charge < -0.3 is 9.64 Å². The minimum Gasteiger partial charge on any atom is -0.490 e. The molecule has 1 heterocycles. The van der Waals surface area contributed by atoms with Crippen LogP contribution >= 0.6 is 0 Å². The second kappa shape index (κ2) is 9.24. The van der Waals surface area contributed by atoms with Crippen LogP contribution in [0.2, 0.25) is 0 Å². The molecule has 1 saturated heterocycles. The Morgan fingerprint density at radius 1 is 1.17 bits per heavy atom. The third-order valence-corrected chi connectivity index (χ3v) is 6.74. The van der Waals surface area contributed by atoms with Crippen molar-refractivity contribution in [1.29, 1.82) is 0 Å². The predicted octanol–water partition coefficient (Wildman–Crippen LogP) is 3.31. The molecule has 0 radical (unpaired) electrons. The molecule has 154 valence electrons. The number of benzene rings is 2. The number of carbonyl (C=O) groups excluding carboxylic acids is 1. The van der Waals surface area contributed by atoms with Crippen molar-refractivity contribution in [2.45, 2.75) is 24.3 Å². The molecule has 0 aliphatic carbocycles. The third kappa shape index (κ3) is 5.05. The van der Waals surface area contributed by atoms with E-state index in [0.717, 1.165) is 24.2 Å². The minimum absolute atomic E-state index is 0.169. The fourth-order valence-corrected chi connectivity index (χ4v) is 4.84. The summed E-state index contributed by atoms with van der Waals surface area (Å²) >= 11 is 0. The van der Waals surface area contributed by atoms with E-state index in [-0.39, 0.29) is 10.8 Å². The summed E-state index contributed by atoms with van der Waals surface area (Å²) < 4.78 is 32.5. The molecule has 2 aromatic rings. The normalized spacial score (nSPS) is 14.5. The number of amides is 1. The lowest BCUT2D eigenvalue weighted by Gasteiger charge is -2.19. The molecule has 0 bridgehead atoms. The van der Waals surface area contributed by atoms with Crippen molar-refractivity contribution in [3.63, 3.8) is 0 Å². The second-order valence-electron chi connectivity index (χ2n) is 7.04. The Labute approximate surface area is 172 Å². The first kappa shape index (κ1) is 21.1. The summed E-state index contributed by atoms with van der Waals surface area (Å²) in [5.74, 6) is 0.512. The van der Waals surface area contributed by atoms with Crippen LogP contribution in [0.4, 0.5) is 0 Å². The zero-order chi connectivity index (χ0) is 20.9. The highest BCUT2D eigenvalue weighted by Gasteiger charge is 2.27. The van der Waals surface area contributed by atoms with Crippen molar-refractivity contribution in [3.05, 3.63) is 72.3 Å². The van der Waals surface area contributed by atoms with Crippen LogP contribution in [0.25, 0.3) is 0 Å². The van der Waals surface area contributed by atoms with E-state index >= 15 is 0 Å². The predicted molar refractivity (Wildman–Crippen MR) is 112 cm³/mol. The molecule has 0 unspecified atom stereocenters. The van der Waals surface area contributed by atoms with E-state index in [0.29, 0.717) is 31.8 Å². The maximum Gasteiger partial charge on any atom is 0.253 e. The van der Waals surface area contributed by atoms with Crippen LogP contribution in [0.5, 0.6) is 5.75 Å². The molecule has 0 spiro atoms.